The summed E-state index contributed by atoms with van der Waals surface area (Å²) in [5, 5.41) is 13.0. The summed E-state index contributed by atoms with van der Waals surface area (Å²) in [6, 6.07) is 5.69. The number of fused-ring (bicyclic) bond motifs is 1. The maximum Gasteiger partial charge on any atom is 0.263 e. The van der Waals surface area contributed by atoms with E-state index in [-0.39, 0.29) is 19.1 Å². The van der Waals surface area contributed by atoms with Crippen LogP contribution in [0.5, 0.6) is 0 Å². The van der Waals surface area contributed by atoms with Crippen LogP contribution < -0.4 is 11.1 Å². The number of hydrogen-bond acceptors (Lipinski definition) is 5. The standard InChI is InChI=1S/C13H15BrN2O3S/c1-19-6-7(17)5-16-13(18)12-11(15)10-8(14)3-2-4-9(10)20-12/h2-4,7,17H,5-6,15H2,1H3,(H,16,18). The van der Waals surface area contributed by atoms with Crippen LogP contribution in [0.3, 0.4) is 0 Å². The zero-order chi connectivity index (χ0) is 14.7. The van der Waals surface area contributed by atoms with Gasteiger partial charge in [-0.3, -0.25) is 4.79 Å². The van der Waals surface area contributed by atoms with Crippen LogP contribution in [0, 0.1) is 0 Å². The number of carbonyl (C=O) groups excluding carboxylic acids is 1. The van der Waals surface area contributed by atoms with Crippen LogP contribution in [0.25, 0.3) is 10.1 Å². The molecule has 0 fully saturated rings. The summed E-state index contributed by atoms with van der Waals surface area (Å²) in [4.78, 5) is 12.6. The number of aliphatic hydroxyl groups is 1. The molecule has 108 valence electrons. The molecule has 2 aromatic rings. The maximum absolute atomic E-state index is 12.1. The molecule has 1 amide bonds. The Bertz CT molecular complexity index is 629. The Morgan fingerprint density at radius 2 is 2.35 bits per heavy atom. The number of nitrogens with one attached hydrogen (secondary N) is 1. The SMILES string of the molecule is COCC(O)CNC(=O)c1sc2cccc(Br)c2c1N. The molecule has 1 aromatic carbocycles. The second kappa shape index (κ2) is 6.53. The molecule has 0 spiro atoms. The van der Waals surface area contributed by atoms with Gasteiger partial charge in [0, 0.05) is 28.2 Å². The molecule has 0 aliphatic carbocycles. The van der Waals surface area contributed by atoms with E-state index in [1.54, 1.807) is 0 Å². The number of halogens is 1. The van der Waals surface area contributed by atoms with Crippen molar-refractivity contribution in [1.82, 2.24) is 5.32 Å². The molecule has 7 heteroatoms. The van der Waals surface area contributed by atoms with Crippen molar-refractivity contribution in [1.29, 1.82) is 0 Å². The lowest BCUT2D eigenvalue weighted by Gasteiger charge is -2.10. The van der Waals surface area contributed by atoms with E-state index < -0.39 is 6.10 Å². The number of nitrogens with two attached hydrogens (primary N) is 1. The molecular formula is C13H15BrN2O3S. The Morgan fingerprint density at radius 1 is 1.60 bits per heavy atom. The average molecular weight is 359 g/mol. The number of aliphatic hydroxyl groups excluding tert-OH is 1. The summed E-state index contributed by atoms with van der Waals surface area (Å²) in [7, 11) is 1.49. The lowest BCUT2D eigenvalue weighted by Crippen LogP contribution is -2.34. The normalized spacial score (nSPS) is 12.6. The topological polar surface area (TPSA) is 84.6 Å². The van der Waals surface area contributed by atoms with Crippen molar-refractivity contribution in [3.63, 3.8) is 0 Å². The molecule has 0 aliphatic rings. The van der Waals surface area contributed by atoms with Gasteiger partial charge in [-0.2, -0.15) is 0 Å². The van der Waals surface area contributed by atoms with Crippen molar-refractivity contribution in [2.24, 2.45) is 0 Å². The van der Waals surface area contributed by atoms with Gasteiger partial charge in [-0.05, 0) is 12.1 Å². The number of thiophene rings is 1. The summed E-state index contributed by atoms with van der Waals surface area (Å²) in [5.41, 5.74) is 6.49. The third-order valence-corrected chi connectivity index (χ3v) is 4.60. The van der Waals surface area contributed by atoms with Crippen molar-refractivity contribution < 1.29 is 14.6 Å². The average Bonchev–Trinajstić information content (AvgIpc) is 2.75. The molecule has 1 unspecified atom stereocenters. The van der Waals surface area contributed by atoms with E-state index in [9.17, 15) is 9.90 Å². The van der Waals surface area contributed by atoms with Gasteiger partial charge in [0.15, 0.2) is 0 Å². The van der Waals surface area contributed by atoms with Crippen LogP contribution in [0.2, 0.25) is 0 Å². The summed E-state index contributed by atoms with van der Waals surface area (Å²) < 4.78 is 6.61. The molecule has 2 rings (SSSR count). The minimum absolute atomic E-state index is 0.127. The fraction of sp³-hybridized carbons (Fsp3) is 0.308. The molecule has 5 nitrogen and oxygen atoms in total. The van der Waals surface area contributed by atoms with Crippen LogP contribution in [0.4, 0.5) is 5.69 Å². The first-order valence-electron chi connectivity index (χ1n) is 5.96. The molecule has 0 radical (unpaired) electrons. The van der Waals surface area contributed by atoms with Gasteiger partial charge in [0.2, 0.25) is 0 Å². The molecule has 1 heterocycles. The second-order valence-corrected chi connectivity index (χ2v) is 6.18. The molecule has 1 atom stereocenters. The summed E-state index contributed by atoms with van der Waals surface area (Å²) in [6.07, 6.45) is -0.730. The molecule has 4 N–H and O–H groups in total. The number of ether oxygens (including phenoxy) is 1. The number of anilines is 1. The third kappa shape index (κ3) is 3.12. The molecule has 0 saturated heterocycles. The number of rotatable bonds is 5. The maximum atomic E-state index is 12.1. The molecule has 1 aromatic heterocycles. The Labute approximate surface area is 128 Å². The zero-order valence-corrected chi connectivity index (χ0v) is 13.3. The molecular weight excluding hydrogens is 344 g/mol. The van der Waals surface area contributed by atoms with Gasteiger partial charge in [0.1, 0.15) is 4.88 Å². The van der Waals surface area contributed by atoms with Gasteiger partial charge in [-0.15, -0.1) is 11.3 Å². The first-order valence-corrected chi connectivity index (χ1v) is 7.57. The summed E-state index contributed by atoms with van der Waals surface area (Å²) >= 11 is 4.76. The summed E-state index contributed by atoms with van der Waals surface area (Å²) in [6.45, 7) is 0.301. The van der Waals surface area contributed by atoms with Gasteiger partial charge < -0.3 is 20.9 Å². The molecule has 0 aliphatic heterocycles. The van der Waals surface area contributed by atoms with Crippen LogP contribution >= 0.6 is 27.3 Å². The molecule has 20 heavy (non-hydrogen) atoms. The highest BCUT2D eigenvalue weighted by Gasteiger charge is 2.18. The van der Waals surface area contributed by atoms with E-state index >= 15 is 0 Å². The first kappa shape index (κ1) is 15.2. The van der Waals surface area contributed by atoms with Gasteiger partial charge in [0.05, 0.1) is 18.4 Å². The van der Waals surface area contributed by atoms with E-state index in [0.717, 1.165) is 14.6 Å². The number of methoxy groups -OCH3 is 1. The van der Waals surface area contributed by atoms with E-state index in [0.29, 0.717) is 10.6 Å². The van der Waals surface area contributed by atoms with E-state index in [4.69, 9.17) is 10.5 Å². The Balaban J connectivity index is 2.19. The van der Waals surface area contributed by atoms with Crippen molar-refractivity contribution >= 4 is 48.9 Å². The molecule has 0 saturated carbocycles. The van der Waals surface area contributed by atoms with Crippen LogP contribution in [0.15, 0.2) is 22.7 Å². The minimum Gasteiger partial charge on any atom is -0.397 e. The minimum atomic E-state index is -0.730. The van der Waals surface area contributed by atoms with Crippen LogP contribution in [-0.2, 0) is 4.74 Å². The van der Waals surface area contributed by atoms with E-state index in [2.05, 4.69) is 21.2 Å². The number of hydrogen-bond donors (Lipinski definition) is 3. The summed E-state index contributed by atoms with van der Waals surface area (Å²) in [5.74, 6) is -0.286. The van der Waals surface area contributed by atoms with Gasteiger partial charge in [0.25, 0.3) is 5.91 Å². The number of benzene rings is 1. The van der Waals surface area contributed by atoms with E-state index in [1.165, 1.54) is 18.4 Å². The smallest absolute Gasteiger partial charge is 0.263 e. The largest absolute Gasteiger partial charge is 0.397 e. The Kier molecular flexibility index (Phi) is 4.98. The van der Waals surface area contributed by atoms with Crippen LogP contribution in [-0.4, -0.2) is 37.4 Å². The highest BCUT2D eigenvalue weighted by Crippen LogP contribution is 2.37. The lowest BCUT2D eigenvalue weighted by molar-refractivity contribution is 0.0611. The second-order valence-electron chi connectivity index (χ2n) is 4.28. The van der Waals surface area contributed by atoms with Crippen molar-refractivity contribution in [3.8, 4) is 0 Å². The quantitative estimate of drug-likeness (QED) is 0.762. The highest BCUT2D eigenvalue weighted by molar-refractivity contribution is 9.10. The molecule has 0 bridgehead atoms. The number of carbonyl (C=O) groups is 1. The monoisotopic (exact) mass is 358 g/mol. The highest BCUT2D eigenvalue weighted by atomic mass is 79.9. The predicted molar refractivity (Wildman–Crippen MR) is 84.2 cm³/mol. The van der Waals surface area contributed by atoms with Crippen molar-refractivity contribution in [3.05, 3.63) is 27.5 Å². The van der Waals surface area contributed by atoms with Gasteiger partial charge in [-0.1, -0.05) is 22.0 Å². The Hall–Kier alpha value is -1.15. The predicted octanol–water partition coefficient (Wildman–Crippen LogP) is 1.98. The van der Waals surface area contributed by atoms with Crippen molar-refractivity contribution in [2.45, 2.75) is 6.10 Å². The van der Waals surface area contributed by atoms with Crippen molar-refractivity contribution in [2.75, 3.05) is 26.0 Å². The van der Waals surface area contributed by atoms with E-state index in [1.807, 2.05) is 18.2 Å². The number of amides is 1. The Morgan fingerprint density at radius 3 is 3.00 bits per heavy atom. The third-order valence-electron chi connectivity index (χ3n) is 2.76. The van der Waals surface area contributed by atoms with Crippen LogP contribution in [0.1, 0.15) is 9.67 Å². The lowest BCUT2D eigenvalue weighted by atomic mass is 10.2. The fourth-order valence-corrected chi connectivity index (χ4v) is 3.62. The van der Waals surface area contributed by atoms with Gasteiger partial charge in [-0.25, -0.2) is 0 Å². The number of nitrogen functional groups attached to an aromatic ring is 1. The fourth-order valence-electron chi connectivity index (χ4n) is 1.84. The first-order chi connectivity index (χ1) is 9.54. The van der Waals surface area contributed by atoms with Gasteiger partial charge >= 0.3 is 0 Å². The zero-order valence-electron chi connectivity index (χ0n) is 10.9.